The minimum absolute atomic E-state index is 0.231. The van der Waals surface area contributed by atoms with Crippen LogP contribution in [0.1, 0.15) is 20.3 Å². The third-order valence-corrected chi connectivity index (χ3v) is 1.40. The van der Waals surface area contributed by atoms with Crippen molar-refractivity contribution in [2.75, 3.05) is 6.54 Å². The van der Waals surface area contributed by atoms with Crippen LogP contribution in [0.25, 0.3) is 0 Å². The van der Waals surface area contributed by atoms with Crippen molar-refractivity contribution in [1.82, 2.24) is 0 Å². The van der Waals surface area contributed by atoms with Crippen LogP contribution in [0.4, 0.5) is 0 Å². The molecule has 0 heterocycles. The highest BCUT2D eigenvalue weighted by atomic mass is 16.1. The number of carbonyl (C=O) groups excluding carboxylic acids is 1. The lowest BCUT2D eigenvalue weighted by molar-refractivity contribution is -0.112. The molecule has 3 nitrogen and oxygen atoms in total. The summed E-state index contributed by atoms with van der Waals surface area (Å²) in [4.78, 5) is 10.4. The molecule has 0 spiro atoms. The van der Waals surface area contributed by atoms with E-state index in [1.54, 1.807) is 0 Å². The van der Waals surface area contributed by atoms with Gasteiger partial charge in [-0.1, -0.05) is 13.8 Å². The molecule has 0 aliphatic heterocycles. The molecule has 60 valence electrons. The van der Waals surface area contributed by atoms with Crippen LogP contribution in [0.2, 0.25) is 0 Å². The van der Waals surface area contributed by atoms with Gasteiger partial charge in [-0.15, -0.1) is 0 Å². The van der Waals surface area contributed by atoms with Crippen molar-refractivity contribution in [3.63, 3.8) is 0 Å². The Labute approximate surface area is 61.8 Å². The molecule has 0 saturated heterocycles. The topological polar surface area (TPSA) is 69.1 Å². The van der Waals surface area contributed by atoms with Gasteiger partial charge in [-0.25, -0.2) is 0 Å². The molecule has 0 unspecified atom stereocenters. The molecular formula is C7H16N2O. The summed E-state index contributed by atoms with van der Waals surface area (Å²) in [6, 6.07) is 0. The molecule has 3 heteroatoms. The Hall–Kier alpha value is -0.410. The second-order valence-corrected chi connectivity index (χ2v) is 3.15. The minimum atomic E-state index is -0.797. The van der Waals surface area contributed by atoms with Crippen LogP contribution >= 0.6 is 0 Å². The van der Waals surface area contributed by atoms with Crippen LogP contribution in [-0.4, -0.2) is 18.4 Å². The van der Waals surface area contributed by atoms with Gasteiger partial charge < -0.3 is 16.3 Å². The van der Waals surface area contributed by atoms with E-state index in [4.69, 9.17) is 11.5 Å². The minimum Gasteiger partial charge on any atom is -0.328 e. The highest BCUT2D eigenvalue weighted by molar-refractivity contribution is 5.64. The maximum Gasteiger partial charge on any atom is 0.141 e. The van der Waals surface area contributed by atoms with Crippen LogP contribution < -0.4 is 11.5 Å². The lowest BCUT2D eigenvalue weighted by atomic mass is 9.91. The summed E-state index contributed by atoms with van der Waals surface area (Å²) in [5.41, 5.74) is 10.1. The molecule has 0 radical (unpaired) electrons. The second kappa shape index (κ2) is 3.68. The van der Waals surface area contributed by atoms with Crippen molar-refractivity contribution in [1.29, 1.82) is 0 Å². The molecule has 10 heavy (non-hydrogen) atoms. The van der Waals surface area contributed by atoms with E-state index < -0.39 is 5.54 Å². The van der Waals surface area contributed by atoms with E-state index in [-0.39, 0.29) is 6.54 Å². The first-order chi connectivity index (χ1) is 4.54. The predicted octanol–water partition coefficient (Wildman–Crippen LogP) is -0.112. The summed E-state index contributed by atoms with van der Waals surface area (Å²) in [6.45, 7) is 4.26. The van der Waals surface area contributed by atoms with Gasteiger partial charge in [0.2, 0.25) is 0 Å². The summed E-state index contributed by atoms with van der Waals surface area (Å²) in [5.74, 6) is 0.416. The maximum absolute atomic E-state index is 10.4. The van der Waals surface area contributed by atoms with E-state index in [0.717, 1.165) is 6.29 Å². The van der Waals surface area contributed by atoms with Gasteiger partial charge in [0.1, 0.15) is 6.29 Å². The lowest BCUT2D eigenvalue weighted by Crippen LogP contribution is -2.49. The van der Waals surface area contributed by atoms with Crippen LogP contribution in [-0.2, 0) is 4.79 Å². The lowest BCUT2D eigenvalue weighted by Gasteiger charge is -2.22. The zero-order valence-corrected chi connectivity index (χ0v) is 6.63. The maximum atomic E-state index is 10.4. The summed E-state index contributed by atoms with van der Waals surface area (Å²) in [6.07, 6.45) is 1.40. The number of hydrogen-bond acceptors (Lipinski definition) is 3. The third-order valence-electron chi connectivity index (χ3n) is 1.40. The molecule has 0 aliphatic carbocycles. The molecule has 0 bridgehead atoms. The Morgan fingerprint density at radius 3 is 2.20 bits per heavy atom. The van der Waals surface area contributed by atoms with Crippen molar-refractivity contribution in [2.45, 2.75) is 25.8 Å². The van der Waals surface area contributed by atoms with Crippen molar-refractivity contribution in [3.8, 4) is 0 Å². The molecule has 4 N–H and O–H groups in total. The Morgan fingerprint density at radius 1 is 1.60 bits per heavy atom. The molecular weight excluding hydrogens is 128 g/mol. The van der Waals surface area contributed by atoms with Crippen LogP contribution in [0.5, 0.6) is 0 Å². The molecule has 0 fully saturated rings. The van der Waals surface area contributed by atoms with Gasteiger partial charge in [-0.05, 0) is 12.3 Å². The summed E-state index contributed by atoms with van der Waals surface area (Å²) in [5, 5.41) is 0. The van der Waals surface area contributed by atoms with Crippen LogP contribution in [0.3, 0.4) is 0 Å². The van der Waals surface area contributed by atoms with Gasteiger partial charge in [-0.3, -0.25) is 0 Å². The fraction of sp³-hybridized carbons (Fsp3) is 0.857. The average Bonchev–Trinajstić information content (AvgIpc) is 1.87. The van der Waals surface area contributed by atoms with Crippen molar-refractivity contribution < 1.29 is 4.79 Å². The number of aldehydes is 1. The van der Waals surface area contributed by atoms with Gasteiger partial charge in [0.05, 0.1) is 5.54 Å². The zero-order valence-electron chi connectivity index (χ0n) is 6.63. The van der Waals surface area contributed by atoms with Crippen molar-refractivity contribution in [2.24, 2.45) is 17.4 Å². The van der Waals surface area contributed by atoms with E-state index in [9.17, 15) is 4.79 Å². The number of rotatable bonds is 4. The van der Waals surface area contributed by atoms with E-state index >= 15 is 0 Å². The Balaban J connectivity index is 3.92. The average molecular weight is 144 g/mol. The van der Waals surface area contributed by atoms with Crippen LogP contribution in [0, 0.1) is 5.92 Å². The Bertz CT molecular complexity index is 114. The highest BCUT2D eigenvalue weighted by Gasteiger charge is 2.22. The van der Waals surface area contributed by atoms with Gasteiger partial charge in [0, 0.05) is 6.54 Å². The first-order valence-electron chi connectivity index (χ1n) is 3.49. The molecule has 0 aromatic heterocycles. The molecule has 0 aromatic carbocycles. The molecule has 0 aliphatic rings. The standard InChI is InChI=1S/C7H16N2O/c1-6(2)3-7(9,4-8)5-10/h5-6H,3-4,8-9H2,1-2H3/t7-/m1/s1. The summed E-state index contributed by atoms with van der Waals surface area (Å²) < 4.78 is 0. The molecule has 0 aromatic rings. The first-order valence-corrected chi connectivity index (χ1v) is 3.49. The molecule has 0 saturated carbocycles. The smallest absolute Gasteiger partial charge is 0.141 e. The van der Waals surface area contributed by atoms with Gasteiger partial charge in [-0.2, -0.15) is 0 Å². The Kier molecular flexibility index (Phi) is 3.53. The summed E-state index contributed by atoms with van der Waals surface area (Å²) in [7, 11) is 0. The second-order valence-electron chi connectivity index (χ2n) is 3.15. The Morgan fingerprint density at radius 2 is 2.10 bits per heavy atom. The SMILES string of the molecule is CC(C)C[C@](N)(C=O)CN. The first kappa shape index (κ1) is 9.59. The number of nitrogens with two attached hydrogens (primary N) is 2. The highest BCUT2D eigenvalue weighted by Crippen LogP contribution is 2.09. The van der Waals surface area contributed by atoms with E-state index in [1.807, 2.05) is 13.8 Å². The zero-order chi connectivity index (χ0) is 8.20. The molecule has 0 rings (SSSR count). The molecule has 1 atom stereocenters. The van der Waals surface area contributed by atoms with Crippen molar-refractivity contribution >= 4 is 6.29 Å². The van der Waals surface area contributed by atoms with Crippen LogP contribution in [0.15, 0.2) is 0 Å². The number of carbonyl (C=O) groups is 1. The largest absolute Gasteiger partial charge is 0.328 e. The van der Waals surface area contributed by atoms with Gasteiger partial charge in [0.25, 0.3) is 0 Å². The van der Waals surface area contributed by atoms with E-state index in [0.29, 0.717) is 12.3 Å². The number of hydrogen-bond donors (Lipinski definition) is 2. The van der Waals surface area contributed by atoms with Gasteiger partial charge >= 0.3 is 0 Å². The monoisotopic (exact) mass is 144 g/mol. The van der Waals surface area contributed by atoms with E-state index in [1.165, 1.54) is 0 Å². The summed E-state index contributed by atoms with van der Waals surface area (Å²) >= 11 is 0. The van der Waals surface area contributed by atoms with Crippen molar-refractivity contribution in [3.05, 3.63) is 0 Å². The fourth-order valence-electron chi connectivity index (χ4n) is 0.940. The molecule has 0 amide bonds. The quantitative estimate of drug-likeness (QED) is 0.541. The normalized spacial score (nSPS) is 16.9. The van der Waals surface area contributed by atoms with E-state index in [2.05, 4.69) is 0 Å². The predicted molar refractivity (Wildman–Crippen MR) is 41.5 cm³/mol. The third kappa shape index (κ3) is 2.94. The fourth-order valence-corrected chi connectivity index (χ4v) is 0.940. The van der Waals surface area contributed by atoms with Gasteiger partial charge in [0.15, 0.2) is 0 Å².